The first-order chi connectivity index (χ1) is 11.7. The molecule has 3 N–H and O–H groups in total. The third kappa shape index (κ3) is 7.62. The Balaban J connectivity index is 0.00000312. The molecule has 1 unspecified atom stereocenters. The van der Waals surface area contributed by atoms with Crippen LogP contribution in [-0.2, 0) is 6.42 Å². The normalized spacial score (nSPS) is 12.2. The van der Waals surface area contributed by atoms with Crippen LogP contribution in [0.3, 0.4) is 0 Å². The second-order valence-corrected chi connectivity index (χ2v) is 6.30. The molecule has 1 aromatic heterocycles. The molecule has 5 nitrogen and oxygen atoms in total. The molecular formula is C18H26IN3O2S. The fraction of sp³-hybridized carbons (Fsp3) is 0.389. The number of thiophene rings is 1. The highest BCUT2D eigenvalue weighted by Gasteiger charge is 2.08. The number of aliphatic imine (C=N–C) groups is 1. The average Bonchev–Trinajstić information content (AvgIpc) is 3.13. The molecule has 2 rings (SSSR count). The van der Waals surface area contributed by atoms with Crippen LogP contribution >= 0.6 is 35.3 Å². The number of guanidine groups is 1. The van der Waals surface area contributed by atoms with E-state index in [4.69, 9.17) is 4.74 Å². The quantitative estimate of drug-likeness (QED) is 0.312. The van der Waals surface area contributed by atoms with Crippen LogP contribution in [-0.4, -0.2) is 37.8 Å². The van der Waals surface area contributed by atoms with E-state index in [9.17, 15) is 5.11 Å². The minimum atomic E-state index is -0.659. The van der Waals surface area contributed by atoms with Crippen molar-refractivity contribution >= 4 is 41.3 Å². The number of rotatable bonds is 8. The molecule has 0 aliphatic heterocycles. The molecule has 0 bridgehead atoms. The predicted molar refractivity (Wildman–Crippen MR) is 115 cm³/mol. The van der Waals surface area contributed by atoms with Gasteiger partial charge in [-0.05, 0) is 42.5 Å². The van der Waals surface area contributed by atoms with Crippen molar-refractivity contribution in [2.45, 2.75) is 19.4 Å². The van der Waals surface area contributed by atoms with Crippen molar-refractivity contribution in [2.24, 2.45) is 4.99 Å². The van der Waals surface area contributed by atoms with Gasteiger partial charge < -0.3 is 20.5 Å². The molecule has 1 aromatic carbocycles. The summed E-state index contributed by atoms with van der Waals surface area (Å²) < 4.78 is 5.19. The summed E-state index contributed by atoms with van der Waals surface area (Å²) >= 11 is 1.75. The fourth-order valence-corrected chi connectivity index (χ4v) is 2.94. The highest BCUT2D eigenvalue weighted by Crippen LogP contribution is 2.19. The number of methoxy groups -OCH3 is 1. The van der Waals surface area contributed by atoms with Crippen molar-refractivity contribution in [3.05, 3.63) is 52.2 Å². The van der Waals surface area contributed by atoms with Crippen molar-refractivity contribution in [3.63, 3.8) is 0 Å². The Bertz CT molecular complexity index is 635. The zero-order valence-corrected chi connectivity index (χ0v) is 17.7. The molecule has 1 atom stereocenters. The van der Waals surface area contributed by atoms with Crippen LogP contribution in [0, 0.1) is 0 Å². The third-order valence-corrected chi connectivity index (χ3v) is 4.43. The zero-order valence-electron chi connectivity index (χ0n) is 14.6. The van der Waals surface area contributed by atoms with Gasteiger partial charge in [-0.25, -0.2) is 0 Å². The Kier molecular flexibility index (Phi) is 10.5. The van der Waals surface area contributed by atoms with Gasteiger partial charge in [0.1, 0.15) is 5.75 Å². The van der Waals surface area contributed by atoms with E-state index in [1.165, 1.54) is 4.88 Å². The van der Waals surface area contributed by atoms with Crippen molar-refractivity contribution < 1.29 is 9.84 Å². The maximum Gasteiger partial charge on any atom is 0.191 e. The number of hydrogen-bond acceptors (Lipinski definition) is 4. The Morgan fingerprint density at radius 2 is 2.12 bits per heavy atom. The minimum Gasteiger partial charge on any atom is -0.497 e. The van der Waals surface area contributed by atoms with E-state index < -0.39 is 6.10 Å². The first-order valence-corrected chi connectivity index (χ1v) is 8.97. The van der Waals surface area contributed by atoms with E-state index in [0.717, 1.165) is 36.8 Å². The second kappa shape index (κ2) is 12.1. The molecule has 138 valence electrons. The largest absolute Gasteiger partial charge is 0.497 e. The van der Waals surface area contributed by atoms with Gasteiger partial charge in [0.05, 0.1) is 19.8 Å². The van der Waals surface area contributed by atoms with Gasteiger partial charge in [-0.2, -0.15) is 0 Å². The summed E-state index contributed by atoms with van der Waals surface area (Å²) in [7, 11) is 1.62. The number of benzene rings is 1. The van der Waals surface area contributed by atoms with Crippen molar-refractivity contribution in [1.82, 2.24) is 10.6 Å². The minimum absolute atomic E-state index is 0. The summed E-state index contributed by atoms with van der Waals surface area (Å²) in [4.78, 5) is 5.81. The lowest BCUT2D eigenvalue weighted by Gasteiger charge is -2.13. The van der Waals surface area contributed by atoms with Gasteiger partial charge in [0.15, 0.2) is 5.96 Å². The predicted octanol–water partition coefficient (Wildman–Crippen LogP) is 3.21. The molecule has 2 aromatic rings. The smallest absolute Gasteiger partial charge is 0.191 e. The standard InChI is InChI=1S/C18H25N3O2S.HI/c1-3-19-18(20-10-9-16-8-5-11-24-16)21-13-17(22)14-6-4-7-15(12-14)23-2;/h4-8,11-12,17,22H,3,9-10,13H2,1-2H3,(H2,19,20,21);1H. The molecule has 25 heavy (non-hydrogen) atoms. The molecule has 7 heteroatoms. The lowest BCUT2D eigenvalue weighted by atomic mass is 10.1. The highest BCUT2D eigenvalue weighted by molar-refractivity contribution is 14.0. The Labute approximate surface area is 170 Å². The Morgan fingerprint density at radius 1 is 1.28 bits per heavy atom. The van der Waals surface area contributed by atoms with E-state index in [0.29, 0.717) is 6.54 Å². The molecular weight excluding hydrogens is 449 g/mol. The lowest BCUT2D eigenvalue weighted by molar-refractivity contribution is 0.186. The number of nitrogens with zero attached hydrogens (tertiary/aromatic N) is 1. The van der Waals surface area contributed by atoms with E-state index in [1.54, 1.807) is 18.4 Å². The van der Waals surface area contributed by atoms with Crippen LogP contribution in [0.1, 0.15) is 23.5 Å². The van der Waals surface area contributed by atoms with Crippen molar-refractivity contribution in [1.29, 1.82) is 0 Å². The van der Waals surface area contributed by atoms with Crippen LogP contribution in [0.25, 0.3) is 0 Å². The summed E-state index contributed by atoms with van der Waals surface area (Å²) in [5.41, 5.74) is 0.799. The molecule has 1 heterocycles. The molecule has 0 aliphatic carbocycles. The van der Waals surface area contributed by atoms with Crippen molar-refractivity contribution in [2.75, 3.05) is 26.7 Å². The summed E-state index contributed by atoms with van der Waals surface area (Å²) in [6, 6.07) is 11.6. The van der Waals surface area contributed by atoms with Gasteiger partial charge in [-0.15, -0.1) is 35.3 Å². The number of hydrogen-bond donors (Lipinski definition) is 3. The number of aliphatic hydroxyl groups is 1. The van der Waals surface area contributed by atoms with E-state index in [2.05, 4.69) is 33.1 Å². The van der Waals surface area contributed by atoms with Crippen LogP contribution in [0.2, 0.25) is 0 Å². The number of ether oxygens (including phenoxy) is 1. The summed E-state index contributed by atoms with van der Waals surface area (Å²) in [6.45, 7) is 3.90. The van der Waals surface area contributed by atoms with Gasteiger partial charge in [-0.1, -0.05) is 18.2 Å². The third-order valence-electron chi connectivity index (χ3n) is 3.49. The Morgan fingerprint density at radius 3 is 2.80 bits per heavy atom. The number of nitrogens with one attached hydrogen (secondary N) is 2. The van der Waals surface area contributed by atoms with Crippen LogP contribution < -0.4 is 15.4 Å². The summed E-state index contributed by atoms with van der Waals surface area (Å²) in [6.07, 6.45) is 0.299. The molecule has 0 radical (unpaired) electrons. The molecule has 0 amide bonds. The first kappa shape index (κ1) is 21.7. The molecule has 0 aliphatic rings. The SMILES string of the molecule is CCNC(=NCC(O)c1cccc(OC)c1)NCCc1cccs1.I. The van der Waals surface area contributed by atoms with Crippen LogP contribution in [0.5, 0.6) is 5.75 Å². The van der Waals surface area contributed by atoms with Gasteiger partial charge >= 0.3 is 0 Å². The van der Waals surface area contributed by atoms with E-state index >= 15 is 0 Å². The zero-order chi connectivity index (χ0) is 17.2. The second-order valence-electron chi connectivity index (χ2n) is 5.27. The Hall–Kier alpha value is -1.32. The fourth-order valence-electron chi connectivity index (χ4n) is 2.23. The van der Waals surface area contributed by atoms with Crippen LogP contribution in [0.4, 0.5) is 0 Å². The van der Waals surface area contributed by atoms with Gasteiger partial charge in [-0.3, -0.25) is 4.99 Å². The van der Waals surface area contributed by atoms with Gasteiger partial charge in [0.2, 0.25) is 0 Å². The maximum absolute atomic E-state index is 10.3. The van der Waals surface area contributed by atoms with Gasteiger partial charge in [0.25, 0.3) is 0 Å². The highest BCUT2D eigenvalue weighted by atomic mass is 127. The van der Waals surface area contributed by atoms with Crippen LogP contribution in [0.15, 0.2) is 46.8 Å². The average molecular weight is 475 g/mol. The van der Waals surface area contributed by atoms with E-state index in [1.807, 2.05) is 31.2 Å². The molecule has 0 spiro atoms. The lowest BCUT2D eigenvalue weighted by Crippen LogP contribution is -2.38. The molecule has 0 fully saturated rings. The molecule has 0 saturated carbocycles. The summed E-state index contributed by atoms with van der Waals surface area (Å²) in [5.74, 6) is 1.45. The maximum atomic E-state index is 10.3. The number of aliphatic hydroxyl groups excluding tert-OH is 1. The van der Waals surface area contributed by atoms with Crippen molar-refractivity contribution in [3.8, 4) is 5.75 Å². The first-order valence-electron chi connectivity index (χ1n) is 8.09. The van der Waals surface area contributed by atoms with Gasteiger partial charge in [0, 0.05) is 18.0 Å². The molecule has 0 saturated heterocycles. The topological polar surface area (TPSA) is 65.9 Å². The van der Waals surface area contributed by atoms with E-state index in [-0.39, 0.29) is 24.0 Å². The summed E-state index contributed by atoms with van der Waals surface area (Å²) in [5, 5.41) is 18.9. The monoisotopic (exact) mass is 475 g/mol. The number of halogens is 1.